The summed E-state index contributed by atoms with van der Waals surface area (Å²) in [6.45, 7) is 0. The Balaban J connectivity index is 1.14. The maximum absolute atomic E-state index is 5.12. The van der Waals surface area contributed by atoms with Gasteiger partial charge in [-0.25, -0.2) is 15.0 Å². The van der Waals surface area contributed by atoms with E-state index in [0.717, 1.165) is 22.4 Å². The van der Waals surface area contributed by atoms with E-state index in [-0.39, 0.29) is 0 Å². The lowest BCUT2D eigenvalue weighted by Gasteiger charge is -2.12. The largest absolute Gasteiger partial charge is 0.309 e. The third kappa shape index (κ3) is 3.98. The maximum Gasteiger partial charge on any atom is 0.164 e. The number of hydrogen-bond donors (Lipinski definition) is 0. The highest BCUT2D eigenvalue weighted by Crippen LogP contribution is 2.48. The zero-order valence-corrected chi connectivity index (χ0v) is 25.3. The molecule has 0 bridgehead atoms. The Morgan fingerprint density at radius 2 is 0.894 bits per heavy atom. The summed E-state index contributed by atoms with van der Waals surface area (Å²) >= 11 is 0. The molecule has 0 amide bonds. The topological polar surface area (TPSA) is 43.6 Å². The lowest BCUT2D eigenvalue weighted by Crippen LogP contribution is -2.01. The summed E-state index contributed by atoms with van der Waals surface area (Å²) in [6.07, 6.45) is 0. The number of para-hydroxylation sites is 2. The van der Waals surface area contributed by atoms with Crippen LogP contribution in [0.3, 0.4) is 0 Å². The highest BCUT2D eigenvalue weighted by atomic mass is 15.0. The van der Waals surface area contributed by atoms with Crippen LogP contribution in [0, 0.1) is 0 Å². The summed E-state index contributed by atoms with van der Waals surface area (Å²) in [6, 6.07) is 55.5. The van der Waals surface area contributed by atoms with Crippen molar-refractivity contribution < 1.29 is 0 Å². The van der Waals surface area contributed by atoms with E-state index in [1.165, 1.54) is 54.8 Å². The number of rotatable bonds is 4. The summed E-state index contributed by atoms with van der Waals surface area (Å²) in [5.74, 6) is 1.96. The Bertz CT molecular complexity index is 2620. The van der Waals surface area contributed by atoms with Crippen molar-refractivity contribution in [2.24, 2.45) is 0 Å². The van der Waals surface area contributed by atoms with Gasteiger partial charge in [0.2, 0.25) is 0 Å². The molecule has 4 heteroatoms. The Kier molecular flexibility index (Phi) is 5.54. The van der Waals surface area contributed by atoms with Gasteiger partial charge in [0, 0.05) is 33.2 Å². The molecule has 9 aromatic rings. The van der Waals surface area contributed by atoms with Crippen molar-refractivity contribution in [1.29, 1.82) is 0 Å². The van der Waals surface area contributed by atoms with Crippen molar-refractivity contribution in [1.82, 2.24) is 19.5 Å². The predicted molar refractivity (Wildman–Crippen MR) is 192 cm³/mol. The van der Waals surface area contributed by atoms with Crippen LogP contribution < -0.4 is 0 Å². The molecular formula is C43H26N4. The van der Waals surface area contributed by atoms with E-state index in [1.807, 2.05) is 18.2 Å². The summed E-state index contributed by atoms with van der Waals surface area (Å²) < 4.78 is 2.33. The van der Waals surface area contributed by atoms with E-state index in [4.69, 9.17) is 15.0 Å². The standard InChI is InChI=1S/C43H26N4/c1-2-11-27(12-3-1)41-44-42(28-21-23-31(24-22-28)47-38-19-8-6-16-34(38)35-17-7-9-20-39(35)47)46-43(45-41)30-25-29-13-10-18-36-32-14-4-5-15-33(32)37(26-30)40(29)36/h1-26H. The Hall–Kier alpha value is -6.39. The van der Waals surface area contributed by atoms with Crippen LogP contribution in [0.15, 0.2) is 158 Å². The molecule has 10 rings (SSSR count). The monoisotopic (exact) mass is 598 g/mol. The quantitative estimate of drug-likeness (QED) is 0.202. The molecule has 0 aliphatic heterocycles. The van der Waals surface area contributed by atoms with Crippen molar-refractivity contribution in [2.75, 3.05) is 0 Å². The molecule has 0 N–H and O–H groups in total. The van der Waals surface area contributed by atoms with E-state index >= 15 is 0 Å². The van der Waals surface area contributed by atoms with Gasteiger partial charge in [0.05, 0.1) is 11.0 Å². The van der Waals surface area contributed by atoms with Gasteiger partial charge in [0.15, 0.2) is 17.5 Å². The average molecular weight is 599 g/mol. The normalized spacial score (nSPS) is 11.8. The first-order valence-corrected chi connectivity index (χ1v) is 15.9. The number of benzene rings is 7. The summed E-state index contributed by atoms with van der Waals surface area (Å²) in [4.78, 5) is 15.2. The van der Waals surface area contributed by atoms with Crippen LogP contribution in [-0.4, -0.2) is 19.5 Å². The summed E-state index contributed by atoms with van der Waals surface area (Å²) in [7, 11) is 0. The fraction of sp³-hybridized carbons (Fsp3) is 0. The van der Waals surface area contributed by atoms with E-state index in [2.05, 4.69) is 144 Å². The van der Waals surface area contributed by atoms with Crippen molar-refractivity contribution in [2.45, 2.75) is 0 Å². The first-order chi connectivity index (χ1) is 23.3. The smallest absolute Gasteiger partial charge is 0.164 e. The minimum atomic E-state index is 0.647. The molecule has 1 aliphatic rings. The molecule has 0 atom stereocenters. The van der Waals surface area contributed by atoms with Crippen LogP contribution in [0.4, 0.5) is 0 Å². The average Bonchev–Trinajstić information content (AvgIpc) is 3.66. The third-order valence-corrected chi connectivity index (χ3v) is 9.37. The molecule has 0 saturated heterocycles. The number of aromatic nitrogens is 4. The molecule has 0 unspecified atom stereocenters. The Morgan fingerprint density at radius 1 is 0.362 bits per heavy atom. The first-order valence-electron chi connectivity index (χ1n) is 15.9. The Labute approximate surface area is 271 Å². The molecule has 1 aliphatic carbocycles. The molecule has 0 radical (unpaired) electrons. The summed E-state index contributed by atoms with van der Waals surface area (Å²) in [5.41, 5.74) is 11.4. The Morgan fingerprint density at radius 3 is 1.57 bits per heavy atom. The van der Waals surface area contributed by atoms with Gasteiger partial charge >= 0.3 is 0 Å². The van der Waals surface area contributed by atoms with Crippen LogP contribution in [0.5, 0.6) is 0 Å². The van der Waals surface area contributed by atoms with E-state index in [9.17, 15) is 0 Å². The molecule has 218 valence electrons. The van der Waals surface area contributed by atoms with Crippen LogP contribution in [0.2, 0.25) is 0 Å². The second kappa shape index (κ2) is 10.1. The zero-order chi connectivity index (χ0) is 30.9. The van der Waals surface area contributed by atoms with Crippen LogP contribution in [0.25, 0.3) is 94.7 Å². The minimum absolute atomic E-state index is 0.647. The molecular weight excluding hydrogens is 573 g/mol. The van der Waals surface area contributed by atoms with Crippen LogP contribution >= 0.6 is 0 Å². The van der Waals surface area contributed by atoms with Crippen molar-refractivity contribution >= 4 is 32.6 Å². The second-order valence-electron chi connectivity index (χ2n) is 12.1. The van der Waals surface area contributed by atoms with Gasteiger partial charge < -0.3 is 4.57 Å². The third-order valence-electron chi connectivity index (χ3n) is 9.37. The first kappa shape index (κ1) is 25.9. The SMILES string of the molecule is c1ccc(-c2nc(-c3ccc(-n4c5ccccc5c5ccccc54)cc3)nc(-c3cc4c5c(cccc5c3)-c3ccccc3-4)n2)cc1. The zero-order valence-electron chi connectivity index (χ0n) is 25.3. The molecule has 0 spiro atoms. The highest BCUT2D eigenvalue weighted by molar-refractivity contribution is 6.16. The second-order valence-corrected chi connectivity index (χ2v) is 12.1. The van der Waals surface area contributed by atoms with Gasteiger partial charge in [-0.15, -0.1) is 0 Å². The lowest BCUT2D eigenvalue weighted by molar-refractivity contribution is 1.07. The minimum Gasteiger partial charge on any atom is -0.309 e. The molecule has 0 fully saturated rings. The van der Waals surface area contributed by atoms with E-state index in [1.54, 1.807) is 0 Å². The molecule has 2 aromatic heterocycles. The fourth-order valence-electron chi connectivity index (χ4n) is 7.26. The molecule has 4 nitrogen and oxygen atoms in total. The van der Waals surface area contributed by atoms with E-state index in [0.29, 0.717) is 17.5 Å². The molecule has 2 heterocycles. The predicted octanol–water partition coefficient (Wildman–Crippen LogP) is 10.8. The van der Waals surface area contributed by atoms with Crippen molar-refractivity contribution in [3.8, 4) is 62.1 Å². The highest BCUT2D eigenvalue weighted by Gasteiger charge is 2.23. The number of nitrogens with zero attached hydrogens (tertiary/aromatic N) is 4. The lowest BCUT2D eigenvalue weighted by atomic mass is 9.99. The van der Waals surface area contributed by atoms with Crippen LogP contribution in [0.1, 0.15) is 0 Å². The van der Waals surface area contributed by atoms with Gasteiger partial charge in [-0.3, -0.25) is 0 Å². The number of hydrogen-bond acceptors (Lipinski definition) is 3. The van der Waals surface area contributed by atoms with Crippen molar-refractivity contribution in [3.05, 3.63) is 158 Å². The van der Waals surface area contributed by atoms with Gasteiger partial charge in [-0.1, -0.05) is 109 Å². The summed E-state index contributed by atoms with van der Waals surface area (Å²) in [5, 5.41) is 4.96. The van der Waals surface area contributed by atoms with Gasteiger partial charge in [0.1, 0.15) is 0 Å². The van der Waals surface area contributed by atoms with Crippen molar-refractivity contribution in [3.63, 3.8) is 0 Å². The molecule has 47 heavy (non-hydrogen) atoms. The molecule has 0 saturated carbocycles. The number of fused-ring (bicyclic) bond motifs is 6. The maximum atomic E-state index is 5.12. The molecule has 7 aromatic carbocycles. The fourth-order valence-corrected chi connectivity index (χ4v) is 7.26. The van der Waals surface area contributed by atoms with Crippen LogP contribution in [-0.2, 0) is 0 Å². The van der Waals surface area contributed by atoms with Gasteiger partial charge in [0.25, 0.3) is 0 Å². The van der Waals surface area contributed by atoms with Gasteiger partial charge in [-0.05, 0) is 81.6 Å². The van der Waals surface area contributed by atoms with E-state index < -0.39 is 0 Å². The van der Waals surface area contributed by atoms with Gasteiger partial charge in [-0.2, -0.15) is 0 Å².